The maximum absolute atomic E-state index is 12.8. The molecule has 1 aliphatic heterocycles. The Balaban J connectivity index is 1.65. The van der Waals surface area contributed by atoms with Crippen molar-refractivity contribution in [1.29, 1.82) is 0 Å². The summed E-state index contributed by atoms with van der Waals surface area (Å²) >= 11 is 0. The van der Waals surface area contributed by atoms with Gasteiger partial charge in [0.15, 0.2) is 11.6 Å². The highest BCUT2D eigenvalue weighted by atomic mass is 32.2. The summed E-state index contributed by atoms with van der Waals surface area (Å²) in [7, 11) is -3.45. The fraction of sp³-hybridized carbons (Fsp3) is 0.474. The number of benzene rings is 1. The van der Waals surface area contributed by atoms with Crippen molar-refractivity contribution in [3.8, 4) is 0 Å². The minimum absolute atomic E-state index is 0.352. The normalized spacial score (nSPS) is 15.7. The van der Waals surface area contributed by atoms with Crippen LogP contribution in [0.1, 0.15) is 19.4 Å². The predicted molar refractivity (Wildman–Crippen MR) is 108 cm³/mol. The molecular weight excluding hydrogens is 362 g/mol. The second-order valence-corrected chi connectivity index (χ2v) is 8.56. The molecule has 8 heteroatoms. The number of hydrogen-bond donors (Lipinski definition) is 0. The molecule has 0 atom stereocenters. The highest BCUT2D eigenvalue weighted by Crippen LogP contribution is 2.21. The summed E-state index contributed by atoms with van der Waals surface area (Å²) in [5.41, 5.74) is 1.05. The molecule has 1 saturated heterocycles. The van der Waals surface area contributed by atoms with Gasteiger partial charge in [-0.1, -0.05) is 17.7 Å². The number of rotatable bonds is 6. The van der Waals surface area contributed by atoms with Gasteiger partial charge in [-0.3, -0.25) is 0 Å². The van der Waals surface area contributed by atoms with E-state index in [0.717, 1.165) is 30.3 Å². The van der Waals surface area contributed by atoms with Crippen molar-refractivity contribution in [2.75, 3.05) is 49.1 Å². The highest BCUT2D eigenvalue weighted by molar-refractivity contribution is 7.89. The lowest BCUT2D eigenvalue weighted by molar-refractivity contribution is 0.383. The van der Waals surface area contributed by atoms with Crippen LogP contribution in [-0.4, -0.2) is 62.2 Å². The lowest BCUT2D eigenvalue weighted by atomic mass is 10.2. The van der Waals surface area contributed by atoms with Crippen molar-refractivity contribution >= 4 is 21.7 Å². The Kier molecular flexibility index (Phi) is 5.96. The molecule has 0 unspecified atom stereocenters. The maximum atomic E-state index is 12.8. The zero-order chi connectivity index (χ0) is 19.4. The van der Waals surface area contributed by atoms with E-state index in [1.165, 1.54) is 0 Å². The van der Waals surface area contributed by atoms with E-state index in [1.54, 1.807) is 16.4 Å². The fourth-order valence-electron chi connectivity index (χ4n) is 3.22. The molecule has 0 amide bonds. The van der Waals surface area contributed by atoms with Crippen LogP contribution in [0, 0.1) is 6.92 Å². The zero-order valence-corrected chi connectivity index (χ0v) is 17.0. The van der Waals surface area contributed by atoms with Gasteiger partial charge >= 0.3 is 0 Å². The van der Waals surface area contributed by atoms with Crippen LogP contribution in [0.2, 0.25) is 0 Å². The van der Waals surface area contributed by atoms with Gasteiger partial charge in [0.05, 0.1) is 4.90 Å². The van der Waals surface area contributed by atoms with Crippen molar-refractivity contribution in [1.82, 2.24) is 14.5 Å². The van der Waals surface area contributed by atoms with Crippen LogP contribution in [0.5, 0.6) is 0 Å². The SMILES string of the molecule is CCN(CC)c1ccc(N2CCN(S(=O)(=O)c3ccc(C)cc3)CC2)nn1. The Hall–Kier alpha value is -2.19. The first kappa shape index (κ1) is 19.6. The molecule has 1 aromatic carbocycles. The molecule has 1 aromatic heterocycles. The first-order valence-electron chi connectivity index (χ1n) is 9.36. The molecular formula is C19H27N5O2S. The third-order valence-electron chi connectivity index (χ3n) is 4.95. The summed E-state index contributed by atoms with van der Waals surface area (Å²) in [6, 6.07) is 10.9. The summed E-state index contributed by atoms with van der Waals surface area (Å²) in [5, 5.41) is 8.66. The Bertz CT molecular complexity index is 841. The Morgan fingerprint density at radius 2 is 1.56 bits per heavy atom. The van der Waals surface area contributed by atoms with Gasteiger partial charge in [0.1, 0.15) is 0 Å². The summed E-state index contributed by atoms with van der Waals surface area (Å²) in [6.45, 7) is 9.99. The van der Waals surface area contributed by atoms with Crippen molar-refractivity contribution in [3.05, 3.63) is 42.0 Å². The van der Waals surface area contributed by atoms with Gasteiger partial charge in [0, 0.05) is 39.3 Å². The van der Waals surface area contributed by atoms with Gasteiger partial charge in [-0.05, 0) is 45.0 Å². The molecule has 1 aliphatic rings. The van der Waals surface area contributed by atoms with E-state index in [1.807, 2.05) is 31.2 Å². The number of aromatic nitrogens is 2. The number of sulfonamides is 1. The minimum Gasteiger partial charge on any atom is -0.356 e. The second-order valence-electron chi connectivity index (χ2n) is 6.63. The van der Waals surface area contributed by atoms with Gasteiger partial charge in [-0.25, -0.2) is 8.42 Å². The number of nitrogens with zero attached hydrogens (tertiary/aromatic N) is 5. The second kappa shape index (κ2) is 8.22. The van der Waals surface area contributed by atoms with Crippen LogP contribution in [0.25, 0.3) is 0 Å². The Morgan fingerprint density at radius 3 is 2.07 bits per heavy atom. The minimum atomic E-state index is -3.45. The average Bonchev–Trinajstić information content (AvgIpc) is 2.70. The molecule has 0 N–H and O–H groups in total. The summed E-state index contributed by atoms with van der Waals surface area (Å²) in [4.78, 5) is 4.58. The third-order valence-corrected chi connectivity index (χ3v) is 6.86. The van der Waals surface area contributed by atoms with E-state index in [9.17, 15) is 8.42 Å². The molecule has 2 heterocycles. The molecule has 0 bridgehead atoms. The molecule has 1 fully saturated rings. The molecule has 7 nitrogen and oxygen atoms in total. The van der Waals surface area contributed by atoms with E-state index in [0.29, 0.717) is 31.1 Å². The van der Waals surface area contributed by atoms with E-state index in [-0.39, 0.29) is 0 Å². The first-order valence-corrected chi connectivity index (χ1v) is 10.8. The number of aryl methyl sites for hydroxylation is 1. The van der Waals surface area contributed by atoms with E-state index < -0.39 is 10.0 Å². The summed E-state index contributed by atoms with van der Waals surface area (Å²) in [5.74, 6) is 1.66. The van der Waals surface area contributed by atoms with Gasteiger partial charge < -0.3 is 9.80 Å². The van der Waals surface area contributed by atoms with Crippen LogP contribution >= 0.6 is 0 Å². The largest absolute Gasteiger partial charge is 0.356 e. The lowest BCUT2D eigenvalue weighted by Gasteiger charge is -2.34. The third kappa shape index (κ3) is 4.22. The number of hydrogen-bond acceptors (Lipinski definition) is 6. The van der Waals surface area contributed by atoms with Crippen molar-refractivity contribution in [3.63, 3.8) is 0 Å². The molecule has 27 heavy (non-hydrogen) atoms. The standard InChI is InChI=1S/C19H27N5O2S/c1-4-22(5-2)18-10-11-19(21-20-18)23-12-14-24(15-13-23)27(25,26)17-8-6-16(3)7-9-17/h6-11H,4-5,12-15H2,1-3H3. The predicted octanol–water partition coefficient (Wildman–Crippen LogP) is 2.14. The monoisotopic (exact) mass is 389 g/mol. The smallest absolute Gasteiger partial charge is 0.243 e. The molecule has 3 rings (SSSR count). The molecule has 0 radical (unpaired) electrons. The van der Waals surface area contributed by atoms with E-state index in [4.69, 9.17) is 0 Å². The van der Waals surface area contributed by atoms with Crippen LogP contribution < -0.4 is 9.80 Å². The van der Waals surface area contributed by atoms with Crippen molar-refractivity contribution in [2.24, 2.45) is 0 Å². The van der Waals surface area contributed by atoms with Crippen LogP contribution in [0.3, 0.4) is 0 Å². The maximum Gasteiger partial charge on any atom is 0.243 e. The number of piperazine rings is 1. The van der Waals surface area contributed by atoms with Gasteiger partial charge in [-0.15, -0.1) is 10.2 Å². The Labute approximate surface area is 161 Å². The first-order chi connectivity index (χ1) is 13.0. The molecule has 146 valence electrons. The van der Waals surface area contributed by atoms with Gasteiger partial charge in [0.25, 0.3) is 0 Å². The summed E-state index contributed by atoms with van der Waals surface area (Å²) in [6.07, 6.45) is 0. The van der Waals surface area contributed by atoms with E-state index >= 15 is 0 Å². The topological polar surface area (TPSA) is 69.6 Å². The molecule has 0 aliphatic carbocycles. The van der Waals surface area contributed by atoms with E-state index in [2.05, 4.69) is 33.8 Å². The highest BCUT2D eigenvalue weighted by Gasteiger charge is 2.29. The number of anilines is 2. The van der Waals surface area contributed by atoms with Gasteiger partial charge in [-0.2, -0.15) is 4.31 Å². The average molecular weight is 390 g/mol. The Morgan fingerprint density at radius 1 is 0.926 bits per heavy atom. The molecule has 0 spiro atoms. The van der Waals surface area contributed by atoms with Crippen LogP contribution in [-0.2, 0) is 10.0 Å². The quantitative estimate of drug-likeness (QED) is 0.754. The van der Waals surface area contributed by atoms with Crippen LogP contribution in [0.15, 0.2) is 41.3 Å². The summed E-state index contributed by atoms with van der Waals surface area (Å²) < 4.78 is 27.2. The molecule has 0 saturated carbocycles. The van der Waals surface area contributed by atoms with Gasteiger partial charge in [0.2, 0.25) is 10.0 Å². The molecule has 2 aromatic rings. The van der Waals surface area contributed by atoms with Crippen molar-refractivity contribution < 1.29 is 8.42 Å². The zero-order valence-electron chi connectivity index (χ0n) is 16.2. The van der Waals surface area contributed by atoms with Crippen LogP contribution in [0.4, 0.5) is 11.6 Å². The van der Waals surface area contributed by atoms with Crippen molar-refractivity contribution in [2.45, 2.75) is 25.7 Å². The lowest BCUT2D eigenvalue weighted by Crippen LogP contribution is -2.49. The fourth-order valence-corrected chi connectivity index (χ4v) is 4.64.